The maximum Gasteiger partial charge on any atom is 0.220 e. The summed E-state index contributed by atoms with van der Waals surface area (Å²) in [6.45, 7) is 0.778. The lowest BCUT2D eigenvalue weighted by Gasteiger charge is -2.04. The summed E-state index contributed by atoms with van der Waals surface area (Å²) in [6.07, 6.45) is 2.86. The van der Waals surface area contributed by atoms with Crippen molar-refractivity contribution in [1.29, 1.82) is 0 Å². The minimum atomic E-state index is 0.778. The van der Waals surface area contributed by atoms with Crippen molar-refractivity contribution in [3.8, 4) is 11.6 Å². The van der Waals surface area contributed by atoms with Gasteiger partial charge < -0.3 is 4.74 Å². The zero-order valence-corrected chi connectivity index (χ0v) is 7.68. The van der Waals surface area contributed by atoms with Gasteiger partial charge in [0.1, 0.15) is 0 Å². The summed E-state index contributed by atoms with van der Waals surface area (Å²) < 4.78 is 7.37. The summed E-state index contributed by atoms with van der Waals surface area (Å²) in [7, 11) is 0. The number of aromatic nitrogens is 2. The first-order valence-electron chi connectivity index (χ1n) is 4.70. The summed E-state index contributed by atoms with van der Waals surface area (Å²) in [5.41, 5.74) is 2.25. The number of rotatable bonds is 1. The molecule has 2 aromatic rings. The first-order chi connectivity index (χ1) is 6.95. The van der Waals surface area contributed by atoms with Crippen molar-refractivity contribution in [3.63, 3.8) is 0 Å². The van der Waals surface area contributed by atoms with Crippen LogP contribution in [0.1, 0.15) is 5.56 Å². The molecule has 0 bridgehead atoms. The largest absolute Gasteiger partial charge is 0.477 e. The third-order valence-corrected chi connectivity index (χ3v) is 2.41. The average molecular weight is 186 g/mol. The van der Waals surface area contributed by atoms with E-state index in [-0.39, 0.29) is 0 Å². The quantitative estimate of drug-likeness (QED) is 0.679. The second kappa shape index (κ2) is 2.87. The van der Waals surface area contributed by atoms with Crippen molar-refractivity contribution >= 4 is 0 Å². The third-order valence-electron chi connectivity index (χ3n) is 2.41. The summed E-state index contributed by atoms with van der Waals surface area (Å²) in [5.74, 6) is 0.899. The molecule has 1 aromatic carbocycles. The van der Waals surface area contributed by atoms with Crippen LogP contribution in [0.5, 0.6) is 5.88 Å². The van der Waals surface area contributed by atoms with Crippen LogP contribution >= 0.6 is 0 Å². The fourth-order valence-electron chi connectivity index (χ4n) is 1.71. The number of nitrogens with zero attached hydrogens (tertiary/aromatic N) is 2. The van der Waals surface area contributed by atoms with Crippen molar-refractivity contribution in [2.75, 3.05) is 6.61 Å². The van der Waals surface area contributed by atoms with Crippen LogP contribution < -0.4 is 4.74 Å². The van der Waals surface area contributed by atoms with Crippen LogP contribution in [0.4, 0.5) is 0 Å². The van der Waals surface area contributed by atoms with Crippen molar-refractivity contribution in [3.05, 3.63) is 42.1 Å². The van der Waals surface area contributed by atoms with E-state index in [0.717, 1.165) is 24.6 Å². The Kier molecular flexibility index (Phi) is 1.56. The molecule has 0 atom stereocenters. The lowest BCUT2D eigenvalue weighted by atomic mass is 10.3. The zero-order valence-electron chi connectivity index (χ0n) is 7.68. The van der Waals surface area contributed by atoms with Crippen LogP contribution in [0.25, 0.3) is 5.69 Å². The smallest absolute Gasteiger partial charge is 0.220 e. The van der Waals surface area contributed by atoms with Gasteiger partial charge in [-0.3, -0.25) is 0 Å². The molecule has 0 radical (unpaired) electrons. The predicted octanol–water partition coefficient (Wildman–Crippen LogP) is 1.81. The lowest BCUT2D eigenvalue weighted by Crippen LogP contribution is -2.00. The van der Waals surface area contributed by atoms with E-state index in [4.69, 9.17) is 4.74 Å². The summed E-state index contributed by atoms with van der Waals surface area (Å²) in [6, 6.07) is 10.0. The molecule has 0 fully saturated rings. The minimum Gasteiger partial charge on any atom is -0.477 e. The zero-order chi connectivity index (χ0) is 9.38. The van der Waals surface area contributed by atoms with E-state index in [9.17, 15) is 0 Å². The van der Waals surface area contributed by atoms with Crippen molar-refractivity contribution in [1.82, 2.24) is 9.78 Å². The highest BCUT2D eigenvalue weighted by molar-refractivity contribution is 5.39. The molecule has 14 heavy (non-hydrogen) atoms. The van der Waals surface area contributed by atoms with E-state index in [0.29, 0.717) is 0 Å². The van der Waals surface area contributed by atoms with Gasteiger partial charge in [-0.05, 0) is 12.1 Å². The van der Waals surface area contributed by atoms with Crippen molar-refractivity contribution in [2.24, 2.45) is 0 Å². The Labute approximate surface area is 81.9 Å². The molecule has 3 heteroatoms. The summed E-state index contributed by atoms with van der Waals surface area (Å²) in [5, 5.41) is 4.30. The highest BCUT2D eigenvalue weighted by atomic mass is 16.5. The Bertz CT molecular complexity index is 448. The van der Waals surface area contributed by atoms with Gasteiger partial charge in [-0.1, -0.05) is 18.2 Å². The molecule has 0 amide bonds. The van der Waals surface area contributed by atoms with Gasteiger partial charge in [0, 0.05) is 12.0 Å². The van der Waals surface area contributed by atoms with Gasteiger partial charge in [0.2, 0.25) is 5.88 Å². The molecule has 0 saturated heterocycles. The molecule has 1 aromatic heterocycles. The van der Waals surface area contributed by atoms with E-state index in [1.165, 1.54) is 5.56 Å². The van der Waals surface area contributed by atoms with Crippen LogP contribution in [0.2, 0.25) is 0 Å². The van der Waals surface area contributed by atoms with Crippen LogP contribution in [0.15, 0.2) is 36.5 Å². The number of hydrogen-bond donors (Lipinski definition) is 0. The first-order valence-corrected chi connectivity index (χ1v) is 4.70. The van der Waals surface area contributed by atoms with Gasteiger partial charge in [-0.15, -0.1) is 0 Å². The second-order valence-corrected chi connectivity index (χ2v) is 3.32. The van der Waals surface area contributed by atoms with Crippen LogP contribution in [0, 0.1) is 0 Å². The molecule has 1 aliphatic heterocycles. The Morgan fingerprint density at radius 3 is 2.93 bits per heavy atom. The van der Waals surface area contributed by atoms with Gasteiger partial charge in [-0.25, -0.2) is 4.68 Å². The van der Waals surface area contributed by atoms with Gasteiger partial charge in [0.05, 0.1) is 18.5 Å². The Morgan fingerprint density at radius 2 is 2.07 bits per heavy atom. The van der Waals surface area contributed by atoms with E-state index in [2.05, 4.69) is 5.10 Å². The van der Waals surface area contributed by atoms with Gasteiger partial charge in [-0.2, -0.15) is 5.10 Å². The van der Waals surface area contributed by atoms with Gasteiger partial charge >= 0.3 is 0 Å². The Hall–Kier alpha value is -1.77. The monoisotopic (exact) mass is 186 g/mol. The maximum atomic E-state index is 5.52. The van der Waals surface area contributed by atoms with E-state index < -0.39 is 0 Å². The molecule has 0 unspecified atom stereocenters. The standard InChI is InChI=1S/C11H10N2O/c1-2-4-10(5-3-1)13-11-9(8-12-13)6-7-14-11/h1-5,8H,6-7H2. The first kappa shape index (κ1) is 7.62. The normalized spacial score (nSPS) is 13.7. The summed E-state index contributed by atoms with van der Waals surface area (Å²) in [4.78, 5) is 0. The minimum absolute atomic E-state index is 0.778. The molecule has 1 aliphatic rings. The van der Waals surface area contributed by atoms with Crippen molar-refractivity contribution in [2.45, 2.75) is 6.42 Å². The van der Waals surface area contributed by atoms with E-state index >= 15 is 0 Å². The maximum absolute atomic E-state index is 5.52. The fourth-order valence-corrected chi connectivity index (χ4v) is 1.71. The number of fused-ring (bicyclic) bond motifs is 1. The second-order valence-electron chi connectivity index (χ2n) is 3.32. The Balaban J connectivity index is 2.13. The fraction of sp³-hybridized carbons (Fsp3) is 0.182. The highest BCUT2D eigenvalue weighted by Gasteiger charge is 2.18. The Morgan fingerprint density at radius 1 is 1.21 bits per heavy atom. The molecule has 0 N–H and O–H groups in total. The molecular weight excluding hydrogens is 176 g/mol. The number of benzene rings is 1. The van der Waals surface area contributed by atoms with Crippen LogP contribution in [-0.2, 0) is 6.42 Å². The molecule has 2 heterocycles. The SMILES string of the molecule is c1ccc(-n2ncc3c2OCC3)cc1. The molecule has 3 nitrogen and oxygen atoms in total. The van der Waals surface area contributed by atoms with Crippen LogP contribution in [0.3, 0.4) is 0 Å². The summed E-state index contributed by atoms with van der Waals surface area (Å²) >= 11 is 0. The molecule has 0 saturated carbocycles. The van der Waals surface area contributed by atoms with E-state index in [1.54, 1.807) is 0 Å². The highest BCUT2D eigenvalue weighted by Crippen LogP contribution is 2.27. The van der Waals surface area contributed by atoms with Crippen molar-refractivity contribution < 1.29 is 4.74 Å². The molecule has 3 rings (SSSR count). The van der Waals surface area contributed by atoms with Gasteiger partial charge in [0.25, 0.3) is 0 Å². The lowest BCUT2D eigenvalue weighted by molar-refractivity contribution is 0.332. The number of ether oxygens (including phenoxy) is 1. The molecule has 0 spiro atoms. The topological polar surface area (TPSA) is 27.1 Å². The predicted molar refractivity (Wildman–Crippen MR) is 52.8 cm³/mol. The molecule has 0 aliphatic carbocycles. The van der Waals surface area contributed by atoms with Crippen LogP contribution in [-0.4, -0.2) is 16.4 Å². The average Bonchev–Trinajstić information content (AvgIpc) is 2.79. The van der Waals surface area contributed by atoms with E-state index in [1.807, 2.05) is 41.2 Å². The molecule has 70 valence electrons. The molecular formula is C11H10N2O. The number of hydrogen-bond acceptors (Lipinski definition) is 2. The third kappa shape index (κ3) is 1.02. The number of para-hydroxylation sites is 1. The van der Waals surface area contributed by atoms with Gasteiger partial charge in [0.15, 0.2) is 0 Å².